The largest absolute Gasteiger partial charge is 0.469 e. The van der Waals surface area contributed by atoms with Gasteiger partial charge in [-0.15, -0.1) is 0 Å². The highest BCUT2D eigenvalue weighted by Gasteiger charge is 2.37. The molecule has 0 spiro atoms. The Morgan fingerprint density at radius 3 is 3.05 bits per heavy atom. The van der Waals surface area contributed by atoms with Gasteiger partial charge in [0.1, 0.15) is 0 Å². The van der Waals surface area contributed by atoms with E-state index in [1.807, 2.05) is 0 Å². The second kappa shape index (κ2) is 4.37. The maximum absolute atomic E-state index is 12.0. The minimum atomic E-state index is -0.0435. The van der Waals surface area contributed by atoms with Crippen LogP contribution in [0.3, 0.4) is 0 Å². The molecule has 0 saturated carbocycles. The average molecular weight is 269 g/mol. The predicted octanol–water partition coefficient (Wildman–Crippen LogP) is 3.25. The highest BCUT2D eigenvalue weighted by Crippen LogP contribution is 2.45. The third-order valence-corrected chi connectivity index (χ3v) is 5.00. The molecule has 20 heavy (non-hydrogen) atoms. The second-order valence-corrected chi connectivity index (χ2v) is 6.03. The van der Waals surface area contributed by atoms with E-state index in [4.69, 9.17) is 4.74 Å². The average Bonchev–Trinajstić information content (AvgIpc) is 2.83. The van der Waals surface area contributed by atoms with Gasteiger partial charge in [0.2, 0.25) is 0 Å². The zero-order valence-electron chi connectivity index (χ0n) is 11.8. The standard InChI is InChI=1S/C17H19NO2/c1-20-17(19)12-9-11-5-4-8-18-15-7-3-2-6-13(15)14(10-12)16(11)18/h2-3,6-7,11-12H,4-5,8-10H2,1H3/t11-,12-/m1/s1. The molecule has 4 rings (SSSR count). The van der Waals surface area contributed by atoms with E-state index in [1.54, 1.807) is 0 Å². The van der Waals surface area contributed by atoms with Crippen LogP contribution in [-0.4, -0.2) is 17.6 Å². The molecule has 1 aromatic carbocycles. The molecular formula is C17H19NO2. The SMILES string of the molecule is COC(=O)[C@H]1Cc2c3n(c4ccccc24)CCC[C@@H]3C1. The zero-order chi connectivity index (χ0) is 13.7. The van der Waals surface area contributed by atoms with E-state index in [0.717, 1.165) is 19.4 Å². The first-order valence-electron chi connectivity index (χ1n) is 7.47. The van der Waals surface area contributed by atoms with Crippen LogP contribution in [0, 0.1) is 5.92 Å². The van der Waals surface area contributed by atoms with Gasteiger partial charge in [0.05, 0.1) is 13.0 Å². The van der Waals surface area contributed by atoms with Crippen molar-refractivity contribution in [1.82, 2.24) is 4.57 Å². The lowest BCUT2D eigenvalue weighted by Crippen LogP contribution is -2.29. The van der Waals surface area contributed by atoms with Crippen molar-refractivity contribution in [3.05, 3.63) is 35.5 Å². The van der Waals surface area contributed by atoms with Crippen molar-refractivity contribution >= 4 is 16.9 Å². The Morgan fingerprint density at radius 1 is 1.35 bits per heavy atom. The minimum absolute atomic E-state index is 0.0369. The molecule has 1 aliphatic heterocycles. The van der Waals surface area contributed by atoms with Crippen LogP contribution in [0.2, 0.25) is 0 Å². The summed E-state index contributed by atoms with van der Waals surface area (Å²) < 4.78 is 7.48. The number of carbonyl (C=O) groups excluding carboxylic acids is 1. The number of hydrogen-bond acceptors (Lipinski definition) is 2. The first kappa shape index (κ1) is 12.0. The molecule has 3 heteroatoms. The van der Waals surface area contributed by atoms with Gasteiger partial charge in [-0.2, -0.15) is 0 Å². The fourth-order valence-corrected chi connectivity index (χ4v) is 4.20. The molecule has 0 radical (unpaired) electrons. The van der Waals surface area contributed by atoms with Gasteiger partial charge in [-0.05, 0) is 37.3 Å². The summed E-state index contributed by atoms with van der Waals surface area (Å²) in [5, 5.41) is 1.34. The smallest absolute Gasteiger partial charge is 0.309 e. The number of para-hydroxylation sites is 1. The van der Waals surface area contributed by atoms with Gasteiger partial charge in [0.15, 0.2) is 0 Å². The van der Waals surface area contributed by atoms with Crippen LogP contribution in [0.4, 0.5) is 0 Å². The van der Waals surface area contributed by atoms with Crippen LogP contribution < -0.4 is 0 Å². The van der Waals surface area contributed by atoms with E-state index in [9.17, 15) is 4.79 Å². The monoisotopic (exact) mass is 269 g/mol. The fraction of sp³-hybridized carbons (Fsp3) is 0.471. The molecule has 2 atom stereocenters. The molecule has 2 aromatic rings. The number of esters is 1. The molecule has 0 unspecified atom stereocenters. The summed E-state index contributed by atoms with van der Waals surface area (Å²) in [6.07, 6.45) is 4.21. The summed E-state index contributed by atoms with van der Waals surface area (Å²) >= 11 is 0. The molecule has 2 aliphatic rings. The number of methoxy groups -OCH3 is 1. The van der Waals surface area contributed by atoms with Crippen molar-refractivity contribution in [2.24, 2.45) is 5.92 Å². The van der Waals surface area contributed by atoms with E-state index in [-0.39, 0.29) is 11.9 Å². The fourth-order valence-electron chi connectivity index (χ4n) is 4.20. The third-order valence-electron chi connectivity index (χ3n) is 5.00. The summed E-state index contributed by atoms with van der Waals surface area (Å²) in [7, 11) is 1.50. The normalized spacial score (nSPS) is 24.4. The Morgan fingerprint density at radius 2 is 2.20 bits per heavy atom. The molecule has 104 valence electrons. The Labute approximate surface area is 118 Å². The van der Waals surface area contributed by atoms with Gasteiger partial charge in [0, 0.05) is 29.1 Å². The highest BCUT2D eigenvalue weighted by atomic mass is 16.5. The number of ether oxygens (including phenoxy) is 1. The van der Waals surface area contributed by atoms with Crippen LogP contribution >= 0.6 is 0 Å². The van der Waals surface area contributed by atoms with Crippen molar-refractivity contribution in [2.75, 3.05) is 7.11 Å². The van der Waals surface area contributed by atoms with E-state index in [2.05, 4.69) is 28.8 Å². The van der Waals surface area contributed by atoms with Crippen LogP contribution in [0.1, 0.15) is 36.4 Å². The Hall–Kier alpha value is -1.77. The second-order valence-electron chi connectivity index (χ2n) is 6.03. The van der Waals surface area contributed by atoms with Gasteiger partial charge >= 0.3 is 5.97 Å². The minimum Gasteiger partial charge on any atom is -0.469 e. The van der Waals surface area contributed by atoms with Crippen LogP contribution in [-0.2, 0) is 22.5 Å². The first-order valence-corrected chi connectivity index (χ1v) is 7.47. The number of aromatic nitrogens is 1. The molecule has 3 nitrogen and oxygen atoms in total. The van der Waals surface area contributed by atoms with Gasteiger partial charge in [-0.3, -0.25) is 4.79 Å². The predicted molar refractivity (Wildman–Crippen MR) is 77.7 cm³/mol. The van der Waals surface area contributed by atoms with Gasteiger partial charge < -0.3 is 9.30 Å². The van der Waals surface area contributed by atoms with Crippen molar-refractivity contribution in [1.29, 1.82) is 0 Å². The van der Waals surface area contributed by atoms with E-state index in [1.165, 1.54) is 42.1 Å². The first-order chi connectivity index (χ1) is 9.79. The topological polar surface area (TPSA) is 31.2 Å². The van der Waals surface area contributed by atoms with Crippen molar-refractivity contribution in [3.63, 3.8) is 0 Å². The van der Waals surface area contributed by atoms with Crippen LogP contribution in [0.5, 0.6) is 0 Å². The lowest BCUT2D eigenvalue weighted by Gasteiger charge is -2.33. The molecular weight excluding hydrogens is 250 g/mol. The Bertz CT molecular complexity index is 686. The van der Waals surface area contributed by atoms with Crippen molar-refractivity contribution in [2.45, 2.75) is 38.1 Å². The molecule has 1 aliphatic carbocycles. The number of aryl methyl sites for hydroxylation is 1. The zero-order valence-corrected chi connectivity index (χ0v) is 11.8. The maximum atomic E-state index is 12.0. The summed E-state index contributed by atoms with van der Waals surface area (Å²) in [4.78, 5) is 12.0. The van der Waals surface area contributed by atoms with Gasteiger partial charge in [-0.25, -0.2) is 0 Å². The molecule has 0 N–H and O–H groups in total. The van der Waals surface area contributed by atoms with E-state index in [0.29, 0.717) is 5.92 Å². The summed E-state index contributed by atoms with van der Waals surface area (Å²) in [5.41, 5.74) is 4.23. The Balaban J connectivity index is 1.92. The maximum Gasteiger partial charge on any atom is 0.309 e. The number of hydrogen-bond donors (Lipinski definition) is 0. The van der Waals surface area contributed by atoms with E-state index < -0.39 is 0 Å². The third kappa shape index (κ3) is 1.55. The van der Waals surface area contributed by atoms with Crippen molar-refractivity contribution < 1.29 is 9.53 Å². The Kier molecular flexibility index (Phi) is 2.62. The number of fused-ring (bicyclic) bond motifs is 3. The summed E-state index contributed by atoms with van der Waals surface area (Å²) in [6, 6.07) is 8.62. The quantitative estimate of drug-likeness (QED) is 0.744. The van der Waals surface area contributed by atoms with Gasteiger partial charge in [0.25, 0.3) is 0 Å². The lowest BCUT2D eigenvalue weighted by molar-refractivity contribution is -0.146. The molecule has 2 heterocycles. The molecule has 1 aromatic heterocycles. The highest BCUT2D eigenvalue weighted by molar-refractivity contribution is 5.87. The number of carbonyl (C=O) groups is 1. The lowest BCUT2D eigenvalue weighted by atomic mass is 9.76. The number of rotatable bonds is 1. The molecule has 0 fully saturated rings. The molecule has 0 amide bonds. The molecule has 0 bridgehead atoms. The number of benzene rings is 1. The van der Waals surface area contributed by atoms with Gasteiger partial charge in [-0.1, -0.05) is 18.2 Å². The number of nitrogens with zero attached hydrogens (tertiary/aromatic N) is 1. The van der Waals surface area contributed by atoms with Crippen molar-refractivity contribution in [3.8, 4) is 0 Å². The van der Waals surface area contributed by atoms with Crippen LogP contribution in [0.25, 0.3) is 10.9 Å². The molecule has 0 saturated heterocycles. The van der Waals surface area contributed by atoms with E-state index >= 15 is 0 Å². The summed E-state index contributed by atoms with van der Waals surface area (Å²) in [5.74, 6) is 0.525. The summed E-state index contributed by atoms with van der Waals surface area (Å²) in [6.45, 7) is 1.12. The van der Waals surface area contributed by atoms with Crippen LogP contribution in [0.15, 0.2) is 24.3 Å².